The molecule has 1 heterocycles. The molecule has 3 rings (SSSR count). The standard InChI is InChI=1S/C19H22F3N3/c1-14-2-6-17(7-3-14)24-8-10-25(11-9-24)18-12-16(19(20,21)22)5-4-15(18)13-23/h2-7,12H,8-11,13,23H2,1H3. The van der Waals surface area contributed by atoms with Gasteiger partial charge in [0, 0.05) is 44.1 Å². The lowest BCUT2D eigenvalue weighted by Gasteiger charge is -2.38. The van der Waals surface area contributed by atoms with E-state index in [4.69, 9.17) is 5.73 Å². The van der Waals surface area contributed by atoms with Crippen LogP contribution < -0.4 is 15.5 Å². The Morgan fingerprint density at radius 3 is 2.08 bits per heavy atom. The van der Waals surface area contributed by atoms with Crippen LogP contribution >= 0.6 is 0 Å². The van der Waals surface area contributed by atoms with Crippen LogP contribution in [-0.4, -0.2) is 26.2 Å². The normalized spacial score (nSPS) is 15.6. The van der Waals surface area contributed by atoms with E-state index in [1.165, 1.54) is 17.7 Å². The zero-order valence-corrected chi connectivity index (χ0v) is 14.2. The molecule has 1 aliphatic heterocycles. The SMILES string of the molecule is Cc1ccc(N2CCN(c3cc(C(F)(F)F)ccc3CN)CC2)cc1. The van der Waals surface area contributed by atoms with Gasteiger partial charge in [0.25, 0.3) is 0 Å². The lowest BCUT2D eigenvalue weighted by atomic mass is 10.1. The van der Waals surface area contributed by atoms with Crippen LogP contribution in [0.15, 0.2) is 42.5 Å². The number of rotatable bonds is 3. The number of aryl methyl sites for hydroxylation is 1. The van der Waals surface area contributed by atoms with Crippen molar-refractivity contribution in [2.75, 3.05) is 36.0 Å². The van der Waals surface area contributed by atoms with E-state index < -0.39 is 11.7 Å². The van der Waals surface area contributed by atoms with Crippen LogP contribution in [0.2, 0.25) is 0 Å². The van der Waals surface area contributed by atoms with Crippen molar-refractivity contribution < 1.29 is 13.2 Å². The quantitative estimate of drug-likeness (QED) is 0.915. The molecular formula is C19H22F3N3. The Hall–Kier alpha value is -2.21. The predicted molar refractivity (Wildman–Crippen MR) is 94.9 cm³/mol. The van der Waals surface area contributed by atoms with Gasteiger partial charge >= 0.3 is 6.18 Å². The van der Waals surface area contributed by atoms with E-state index in [1.807, 2.05) is 11.8 Å². The summed E-state index contributed by atoms with van der Waals surface area (Å²) in [5.74, 6) is 0. The van der Waals surface area contributed by atoms with Gasteiger partial charge in [0.15, 0.2) is 0 Å². The molecule has 2 N–H and O–H groups in total. The van der Waals surface area contributed by atoms with E-state index >= 15 is 0 Å². The minimum Gasteiger partial charge on any atom is -0.368 e. The molecule has 0 amide bonds. The van der Waals surface area contributed by atoms with Crippen LogP contribution in [0.5, 0.6) is 0 Å². The molecular weight excluding hydrogens is 327 g/mol. The number of benzene rings is 2. The zero-order valence-electron chi connectivity index (χ0n) is 14.2. The second kappa shape index (κ2) is 6.96. The summed E-state index contributed by atoms with van der Waals surface area (Å²) in [6, 6.07) is 12.1. The Bertz CT molecular complexity index is 718. The highest BCUT2D eigenvalue weighted by molar-refractivity contribution is 5.58. The Morgan fingerprint density at radius 2 is 1.52 bits per heavy atom. The maximum Gasteiger partial charge on any atom is 0.416 e. The van der Waals surface area contributed by atoms with Gasteiger partial charge in [-0.1, -0.05) is 23.8 Å². The molecule has 25 heavy (non-hydrogen) atoms. The topological polar surface area (TPSA) is 32.5 Å². The van der Waals surface area contributed by atoms with Gasteiger partial charge in [-0.05, 0) is 36.8 Å². The number of nitrogens with two attached hydrogens (primary N) is 1. The van der Waals surface area contributed by atoms with Crippen molar-refractivity contribution in [2.45, 2.75) is 19.6 Å². The van der Waals surface area contributed by atoms with Crippen LogP contribution in [0.25, 0.3) is 0 Å². The van der Waals surface area contributed by atoms with Gasteiger partial charge in [0.1, 0.15) is 0 Å². The van der Waals surface area contributed by atoms with Crippen molar-refractivity contribution in [1.82, 2.24) is 0 Å². The highest BCUT2D eigenvalue weighted by Crippen LogP contribution is 2.34. The molecule has 134 valence electrons. The molecule has 0 spiro atoms. The molecule has 0 unspecified atom stereocenters. The largest absolute Gasteiger partial charge is 0.416 e. The predicted octanol–water partition coefficient (Wildman–Crippen LogP) is 3.80. The Labute approximate surface area is 145 Å². The minimum absolute atomic E-state index is 0.228. The number of piperazine rings is 1. The Kier molecular flexibility index (Phi) is 4.90. The van der Waals surface area contributed by atoms with Gasteiger partial charge in [0.2, 0.25) is 0 Å². The smallest absolute Gasteiger partial charge is 0.368 e. The summed E-state index contributed by atoms with van der Waals surface area (Å²) in [5, 5.41) is 0. The molecule has 2 aromatic carbocycles. The lowest BCUT2D eigenvalue weighted by molar-refractivity contribution is -0.137. The summed E-state index contributed by atoms with van der Waals surface area (Å²) in [6.07, 6.45) is -4.34. The van der Waals surface area contributed by atoms with Crippen LogP contribution in [0.4, 0.5) is 24.5 Å². The summed E-state index contributed by atoms with van der Waals surface area (Å²) in [5.41, 5.74) is 8.81. The van der Waals surface area contributed by atoms with Crippen molar-refractivity contribution in [3.8, 4) is 0 Å². The number of anilines is 2. The average Bonchev–Trinajstić information content (AvgIpc) is 2.61. The van der Waals surface area contributed by atoms with Gasteiger partial charge in [-0.2, -0.15) is 13.2 Å². The maximum atomic E-state index is 13.0. The van der Waals surface area contributed by atoms with Crippen LogP contribution in [0.1, 0.15) is 16.7 Å². The van der Waals surface area contributed by atoms with Gasteiger partial charge in [-0.3, -0.25) is 0 Å². The first kappa shape index (κ1) is 17.6. The van der Waals surface area contributed by atoms with Crippen molar-refractivity contribution in [3.05, 3.63) is 59.2 Å². The minimum atomic E-state index is -4.34. The molecule has 0 aliphatic carbocycles. The van der Waals surface area contributed by atoms with Gasteiger partial charge < -0.3 is 15.5 Å². The molecule has 0 saturated carbocycles. The molecule has 2 aromatic rings. The summed E-state index contributed by atoms with van der Waals surface area (Å²) >= 11 is 0. The second-order valence-electron chi connectivity index (χ2n) is 6.36. The molecule has 1 aliphatic rings. The van der Waals surface area contributed by atoms with E-state index in [-0.39, 0.29) is 6.54 Å². The van der Waals surface area contributed by atoms with Gasteiger partial charge in [-0.15, -0.1) is 0 Å². The highest BCUT2D eigenvalue weighted by Gasteiger charge is 2.32. The van der Waals surface area contributed by atoms with Crippen molar-refractivity contribution in [3.63, 3.8) is 0 Å². The fourth-order valence-electron chi connectivity index (χ4n) is 3.17. The monoisotopic (exact) mass is 349 g/mol. The van der Waals surface area contributed by atoms with Crippen LogP contribution in [0.3, 0.4) is 0 Å². The Balaban J connectivity index is 1.77. The van der Waals surface area contributed by atoms with Crippen LogP contribution in [-0.2, 0) is 12.7 Å². The van der Waals surface area contributed by atoms with E-state index in [0.29, 0.717) is 18.8 Å². The number of nitrogens with zero attached hydrogens (tertiary/aromatic N) is 2. The van der Waals surface area contributed by atoms with Gasteiger partial charge in [-0.25, -0.2) is 0 Å². The average molecular weight is 349 g/mol. The number of hydrogen-bond donors (Lipinski definition) is 1. The third-order valence-electron chi connectivity index (χ3n) is 4.65. The zero-order chi connectivity index (χ0) is 18.0. The van der Waals surface area contributed by atoms with E-state index in [1.54, 1.807) is 0 Å². The van der Waals surface area contributed by atoms with Crippen molar-refractivity contribution >= 4 is 11.4 Å². The molecule has 1 fully saturated rings. The summed E-state index contributed by atoms with van der Waals surface area (Å²) in [7, 11) is 0. The maximum absolute atomic E-state index is 13.0. The lowest BCUT2D eigenvalue weighted by Crippen LogP contribution is -2.47. The van der Waals surface area contributed by atoms with Crippen molar-refractivity contribution in [2.24, 2.45) is 5.73 Å². The van der Waals surface area contributed by atoms with Crippen LogP contribution in [0, 0.1) is 6.92 Å². The van der Waals surface area contributed by atoms with E-state index in [0.717, 1.165) is 30.4 Å². The molecule has 0 atom stereocenters. The fraction of sp³-hybridized carbons (Fsp3) is 0.368. The first-order valence-corrected chi connectivity index (χ1v) is 8.35. The molecule has 0 bridgehead atoms. The van der Waals surface area contributed by atoms with E-state index in [2.05, 4.69) is 29.2 Å². The Morgan fingerprint density at radius 1 is 0.920 bits per heavy atom. The second-order valence-corrected chi connectivity index (χ2v) is 6.36. The summed E-state index contributed by atoms with van der Waals surface area (Å²) in [6.45, 7) is 5.15. The number of alkyl halides is 3. The summed E-state index contributed by atoms with van der Waals surface area (Å²) in [4.78, 5) is 4.26. The summed E-state index contributed by atoms with van der Waals surface area (Å²) < 4.78 is 39.1. The highest BCUT2D eigenvalue weighted by atomic mass is 19.4. The first-order chi connectivity index (χ1) is 11.9. The third-order valence-corrected chi connectivity index (χ3v) is 4.65. The van der Waals surface area contributed by atoms with E-state index in [9.17, 15) is 13.2 Å². The van der Waals surface area contributed by atoms with Gasteiger partial charge in [0.05, 0.1) is 5.56 Å². The number of halogens is 3. The molecule has 3 nitrogen and oxygen atoms in total. The fourth-order valence-corrected chi connectivity index (χ4v) is 3.17. The molecule has 1 saturated heterocycles. The third kappa shape index (κ3) is 3.90. The molecule has 0 aromatic heterocycles. The molecule has 6 heteroatoms. The first-order valence-electron chi connectivity index (χ1n) is 8.35. The number of hydrogen-bond acceptors (Lipinski definition) is 3. The molecule has 0 radical (unpaired) electrons. The van der Waals surface area contributed by atoms with Crippen molar-refractivity contribution in [1.29, 1.82) is 0 Å².